The SMILES string of the molecule is O=C(c1ccc(O)cc1O)[C@@H]1[C@H](Cc2ccc(O)cc2)[C@H](c2cc([C@@H](c3ccc(O)cc3O)[C@@H]3[C@@H]4[C@H](O[C@H]3c3ccc(O)cc3)c3ccc(O)cc3O[C@H]4c3ccc(O)cc3)c(O)cc2O)O[C@@H]1c1ccc(O)cc1. The Bertz CT molecular complexity index is 3430. The topological polar surface area (TPSA) is 267 Å². The highest BCUT2D eigenvalue weighted by atomic mass is 16.5. The van der Waals surface area contributed by atoms with Gasteiger partial charge < -0.3 is 70.4 Å². The van der Waals surface area contributed by atoms with E-state index in [0.29, 0.717) is 33.6 Å². The Labute approximate surface area is 428 Å². The van der Waals surface area contributed by atoms with E-state index < -0.39 is 83.1 Å². The molecule has 75 heavy (non-hydrogen) atoms. The second-order valence-corrected chi connectivity index (χ2v) is 19.5. The van der Waals surface area contributed by atoms with Gasteiger partial charge in [0.05, 0.1) is 35.9 Å². The Balaban J connectivity index is 1.14. The first-order chi connectivity index (χ1) is 36.1. The molecule has 11 N–H and O–H groups in total. The van der Waals surface area contributed by atoms with E-state index in [4.69, 9.17) is 14.2 Å². The molecule has 0 unspecified atom stereocenters. The van der Waals surface area contributed by atoms with Crippen LogP contribution in [0, 0.1) is 23.7 Å². The van der Waals surface area contributed by atoms with Crippen molar-refractivity contribution in [1.82, 2.24) is 0 Å². The van der Waals surface area contributed by atoms with Crippen molar-refractivity contribution in [3.05, 3.63) is 214 Å². The van der Waals surface area contributed by atoms with Crippen molar-refractivity contribution in [3.8, 4) is 69.0 Å². The fourth-order valence-corrected chi connectivity index (χ4v) is 11.6. The molecule has 3 heterocycles. The molecule has 3 aliphatic rings. The number of Topliss-reactive ketones (excluding diaryl/α,β-unsaturated/α-hetero) is 1. The quantitative estimate of drug-likeness (QED) is 0.0538. The molecule has 10 atom stereocenters. The molecule has 8 aromatic rings. The molecule has 15 heteroatoms. The summed E-state index contributed by atoms with van der Waals surface area (Å²) in [5.74, 6) is -7.39. The van der Waals surface area contributed by atoms with Gasteiger partial charge in [0.15, 0.2) is 5.78 Å². The second-order valence-electron chi connectivity index (χ2n) is 19.5. The van der Waals surface area contributed by atoms with Gasteiger partial charge >= 0.3 is 0 Å². The smallest absolute Gasteiger partial charge is 0.173 e. The van der Waals surface area contributed by atoms with Crippen LogP contribution >= 0.6 is 0 Å². The number of fused-ring (bicyclic) bond motifs is 3. The van der Waals surface area contributed by atoms with Gasteiger partial charge in [0, 0.05) is 70.2 Å². The number of rotatable bonds is 11. The number of hydrogen-bond acceptors (Lipinski definition) is 15. The summed E-state index contributed by atoms with van der Waals surface area (Å²) in [6, 6.07) is 40.4. The lowest BCUT2D eigenvalue weighted by atomic mass is 9.66. The Morgan fingerprint density at radius 1 is 0.413 bits per heavy atom. The second kappa shape index (κ2) is 19.1. The largest absolute Gasteiger partial charge is 0.508 e. The Morgan fingerprint density at radius 3 is 1.51 bits per heavy atom. The molecular formula is C60H50O15. The average Bonchev–Trinajstić information content (AvgIpc) is 3.98. The Morgan fingerprint density at radius 2 is 0.907 bits per heavy atom. The molecule has 0 bridgehead atoms. The van der Waals surface area contributed by atoms with Crippen LogP contribution in [0.15, 0.2) is 164 Å². The third-order valence-electron chi connectivity index (χ3n) is 15.0. The van der Waals surface area contributed by atoms with E-state index in [2.05, 4.69) is 0 Å². The van der Waals surface area contributed by atoms with Gasteiger partial charge in [-0.2, -0.15) is 0 Å². The number of benzene rings is 8. The minimum Gasteiger partial charge on any atom is -0.508 e. The molecule has 0 radical (unpaired) electrons. The summed E-state index contributed by atoms with van der Waals surface area (Å²) in [6.07, 6.45) is -4.82. The van der Waals surface area contributed by atoms with Gasteiger partial charge in [-0.15, -0.1) is 0 Å². The van der Waals surface area contributed by atoms with Crippen LogP contribution in [-0.2, 0) is 15.9 Å². The predicted molar refractivity (Wildman–Crippen MR) is 270 cm³/mol. The summed E-state index contributed by atoms with van der Waals surface area (Å²) in [6.45, 7) is 0. The minimum atomic E-state index is -1.19. The van der Waals surface area contributed by atoms with Crippen LogP contribution in [0.3, 0.4) is 0 Å². The van der Waals surface area contributed by atoms with Crippen LogP contribution in [0.5, 0.6) is 69.0 Å². The van der Waals surface area contributed by atoms with E-state index in [-0.39, 0.29) is 74.7 Å². The van der Waals surface area contributed by atoms with Crippen molar-refractivity contribution >= 4 is 5.78 Å². The lowest BCUT2D eigenvalue weighted by Crippen LogP contribution is -2.34. The molecule has 0 spiro atoms. The summed E-state index contributed by atoms with van der Waals surface area (Å²) >= 11 is 0. The number of carbonyl (C=O) groups excluding carboxylic acids is 1. The van der Waals surface area contributed by atoms with Crippen LogP contribution in [0.4, 0.5) is 0 Å². The molecule has 2 fully saturated rings. The van der Waals surface area contributed by atoms with Gasteiger partial charge in [-0.3, -0.25) is 4.79 Å². The maximum Gasteiger partial charge on any atom is 0.173 e. The molecule has 15 nitrogen and oxygen atoms in total. The van der Waals surface area contributed by atoms with Gasteiger partial charge in [0.2, 0.25) is 0 Å². The number of carbonyl (C=O) groups is 1. The van der Waals surface area contributed by atoms with E-state index in [1.807, 2.05) is 0 Å². The summed E-state index contributed by atoms with van der Waals surface area (Å²) in [4.78, 5) is 15.2. The Hall–Kier alpha value is -9.05. The first-order valence-electron chi connectivity index (χ1n) is 24.2. The number of phenols is 11. The fourth-order valence-electron chi connectivity index (χ4n) is 11.6. The summed E-state index contributed by atoms with van der Waals surface area (Å²) in [5, 5.41) is 121. The van der Waals surface area contributed by atoms with Crippen molar-refractivity contribution in [2.75, 3.05) is 0 Å². The van der Waals surface area contributed by atoms with E-state index >= 15 is 4.79 Å². The van der Waals surface area contributed by atoms with Crippen LogP contribution in [0.2, 0.25) is 0 Å². The molecule has 0 saturated carbocycles. The zero-order chi connectivity index (χ0) is 52.4. The predicted octanol–water partition coefficient (Wildman–Crippen LogP) is 10.6. The first kappa shape index (κ1) is 48.2. The molecule has 3 aliphatic heterocycles. The highest BCUT2D eigenvalue weighted by Crippen LogP contribution is 2.65. The summed E-state index contributed by atoms with van der Waals surface area (Å²) < 4.78 is 21.1. The van der Waals surface area contributed by atoms with E-state index in [1.54, 1.807) is 60.7 Å². The zero-order valence-electron chi connectivity index (χ0n) is 39.6. The number of ether oxygens (including phenoxy) is 3. The third-order valence-corrected chi connectivity index (χ3v) is 15.0. The van der Waals surface area contributed by atoms with E-state index in [9.17, 15) is 56.2 Å². The fraction of sp³-hybridized carbons (Fsp3) is 0.183. The van der Waals surface area contributed by atoms with Crippen LogP contribution in [0.25, 0.3) is 0 Å². The van der Waals surface area contributed by atoms with Gasteiger partial charge in [0.25, 0.3) is 0 Å². The number of aromatic hydroxyl groups is 11. The molecule has 11 rings (SSSR count). The van der Waals surface area contributed by atoms with Gasteiger partial charge in [-0.1, -0.05) is 54.6 Å². The molecular weight excluding hydrogens is 961 g/mol. The summed E-state index contributed by atoms with van der Waals surface area (Å²) in [5.41, 5.74) is 3.23. The van der Waals surface area contributed by atoms with Crippen molar-refractivity contribution in [3.63, 3.8) is 0 Å². The molecule has 2 saturated heterocycles. The standard InChI is InChI=1S/C60H50O15/c61-33-9-1-29(2-10-33)23-45-52(55(72)41-21-18-38(66)25-47(41)69)56(30-3-11-34(62)12-4-30)74-59(45)44-27-43(48(70)28-49(44)71)51(40-20-17-37(65)24-46(40)68)53-54-58(32-7-15-36(64)16-8-32)73-50-26-39(67)19-22-42(50)60(54)75-57(53)31-5-13-35(63)14-6-31/h1-22,24-28,45,51-54,56-71H,23H2/t45-,51+,52-,53+,54-,56+,57-,58-,59-,60+/m0/s1. The molecule has 0 amide bonds. The van der Waals surface area contributed by atoms with Crippen LogP contribution < -0.4 is 4.74 Å². The monoisotopic (exact) mass is 1010 g/mol. The minimum absolute atomic E-state index is 0.00640. The van der Waals surface area contributed by atoms with E-state index in [1.165, 1.54) is 91.0 Å². The number of hydrogen-bond donors (Lipinski definition) is 11. The highest BCUT2D eigenvalue weighted by Gasteiger charge is 2.58. The molecule has 0 aromatic heterocycles. The lowest BCUT2D eigenvalue weighted by Gasteiger charge is -2.40. The maximum absolute atomic E-state index is 15.2. The Kier molecular flexibility index (Phi) is 12.3. The molecule has 380 valence electrons. The van der Waals surface area contributed by atoms with Crippen molar-refractivity contribution in [2.45, 2.75) is 42.9 Å². The summed E-state index contributed by atoms with van der Waals surface area (Å²) in [7, 11) is 0. The number of ketones is 1. The molecule has 0 aliphatic carbocycles. The zero-order valence-corrected chi connectivity index (χ0v) is 39.6. The molecule has 8 aromatic carbocycles. The van der Waals surface area contributed by atoms with Crippen molar-refractivity contribution in [1.29, 1.82) is 0 Å². The lowest BCUT2D eigenvalue weighted by molar-refractivity contribution is -0.00737. The van der Waals surface area contributed by atoms with E-state index in [0.717, 1.165) is 12.1 Å². The average molecular weight is 1010 g/mol. The van der Waals surface area contributed by atoms with Gasteiger partial charge in [-0.05, 0) is 114 Å². The number of phenolic OH excluding ortho intramolecular Hbond substituents is 11. The highest BCUT2D eigenvalue weighted by molar-refractivity contribution is 6.01. The first-order valence-corrected chi connectivity index (χ1v) is 24.2. The van der Waals surface area contributed by atoms with Crippen molar-refractivity contribution < 1.29 is 75.2 Å². The maximum atomic E-state index is 15.2. The van der Waals surface area contributed by atoms with Crippen LogP contribution in [0.1, 0.15) is 91.3 Å². The third kappa shape index (κ3) is 8.91. The van der Waals surface area contributed by atoms with Gasteiger partial charge in [-0.25, -0.2) is 0 Å². The normalized spacial score (nSPS) is 23.2. The van der Waals surface area contributed by atoms with Crippen molar-refractivity contribution in [2.24, 2.45) is 23.7 Å². The van der Waals surface area contributed by atoms with Gasteiger partial charge in [0.1, 0.15) is 75.1 Å². The van der Waals surface area contributed by atoms with Crippen LogP contribution in [-0.4, -0.2) is 62.0 Å².